The summed E-state index contributed by atoms with van der Waals surface area (Å²) in [6.07, 6.45) is 4.68. The van der Waals surface area contributed by atoms with Crippen LogP contribution >= 0.6 is 0 Å². The summed E-state index contributed by atoms with van der Waals surface area (Å²) in [6, 6.07) is 16.5. The Bertz CT molecular complexity index is 891. The summed E-state index contributed by atoms with van der Waals surface area (Å²) >= 11 is 0. The number of carbonyl (C=O) groups excluding carboxylic acids is 1. The molecule has 0 saturated heterocycles. The van der Waals surface area contributed by atoms with Crippen molar-refractivity contribution < 1.29 is 4.79 Å². The first-order chi connectivity index (χ1) is 11.3. The molecule has 1 heterocycles. The lowest BCUT2D eigenvalue weighted by molar-refractivity contribution is 0.239. The fraction of sp³-hybridized carbons (Fsp3) is 0.111. The van der Waals surface area contributed by atoms with E-state index in [-0.39, 0.29) is 5.56 Å². The maximum absolute atomic E-state index is 12.1. The molecule has 2 N–H and O–H groups in total. The second-order valence-corrected chi connectivity index (χ2v) is 5.13. The van der Waals surface area contributed by atoms with Crippen LogP contribution in [0.2, 0.25) is 0 Å². The molecule has 5 nitrogen and oxygen atoms in total. The topological polar surface area (TPSA) is 66.9 Å². The molecule has 1 aromatic heterocycles. The summed E-state index contributed by atoms with van der Waals surface area (Å²) in [7, 11) is 0. The molecule has 0 fully saturated rings. The Kier molecular flexibility index (Phi) is 4.38. The Morgan fingerprint density at radius 3 is 2.61 bits per heavy atom. The van der Waals surface area contributed by atoms with E-state index in [2.05, 4.69) is 10.4 Å². The van der Waals surface area contributed by atoms with Crippen molar-refractivity contribution in [1.82, 2.24) is 15.1 Å². The first kappa shape index (κ1) is 14.8. The van der Waals surface area contributed by atoms with Crippen LogP contribution in [0.4, 0.5) is 4.79 Å². The second-order valence-electron chi connectivity index (χ2n) is 5.13. The number of nitrogens with one attached hydrogen (secondary N) is 2. The van der Waals surface area contributed by atoms with Crippen molar-refractivity contribution in [2.24, 2.45) is 0 Å². The number of H-pyrrole nitrogens is 1. The van der Waals surface area contributed by atoms with E-state index < -0.39 is 6.03 Å². The molecule has 3 rings (SSSR count). The first-order valence-corrected chi connectivity index (χ1v) is 7.45. The molecule has 0 aliphatic rings. The second kappa shape index (κ2) is 6.79. The molecule has 2 aromatic carbocycles. The lowest BCUT2D eigenvalue weighted by Crippen LogP contribution is -2.35. The minimum absolute atomic E-state index is 0.335. The molecule has 0 bridgehead atoms. The predicted molar refractivity (Wildman–Crippen MR) is 91.4 cm³/mol. The zero-order chi connectivity index (χ0) is 16.1. The average molecular weight is 307 g/mol. The fourth-order valence-electron chi connectivity index (χ4n) is 2.33. The van der Waals surface area contributed by atoms with E-state index in [0.717, 1.165) is 10.2 Å². The molecule has 0 radical (unpaired) electrons. The normalized spacial score (nSPS) is 11.1. The number of fused-ring (bicyclic) bond motifs is 1. The highest BCUT2D eigenvalue weighted by atomic mass is 16.2. The molecule has 1 amide bonds. The van der Waals surface area contributed by atoms with Gasteiger partial charge < -0.3 is 5.32 Å². The lowest BCUT2D eigenvalue weighted by atomic mass is 10.2. The SMILES string of the molecule is O=C(NCCC=Cc1ccccc1)n1[nH]c2ccccc2c1=O. The van der Waals surface area contributed by atoms with E-state index in [1.54, 1.807) is 18.2 Å². The van der Waals surface area contributed by atoms with Gasteiger partial charge in [-0.1, -0.05) is 54.6 Å². The predicted octanol–water partition coefficient (Wildman–Crippen LogP) is 2.99. The number of rotatable bonds is 4. The monoisotopic (exact) mass is 307 g/mol. The molecular weight excluding hydrogens is 290 g/mol. The number of carbonyl (C=O) groups is 1. The number of aromatic amines is 1. The largest absolute Gasteiger partial charge is 0.343 e. The Balaban J connectivity index is 1.58. The van der Waals surface area contributed by atoms with Crippen LogP contribution in [0.5, 0.6) is 0 Å². The maximum atomic E-state index is 12.1. The van der Waals surface area contributed by atoms with Crippen molar-refractivity contribution in [2.45, 2.75) is 6.42 Å². The Labute approximate surface area is 133 Å². The fourth-order valence-corrected chi connectivity index (χ4v) is 2.33. The van der Waals surface area contributed by atoms with E-state index in [0.29, 0.717) is 23.9 Å². The van der Waals surface area contributed by atoms with Crippen LogP contribution in [0.3, 0.4) is 0 Å². The number of benzene rings is 2. The molecule has 0 saturated carbocycles. The molecule has 0 atom stereocenters. The van der Waals surface area contributed by atoms with Gasteiger partial charge in [-0.2, -0.15) is 4.68 Å². The summed E-state index contributed by atoms with van der Waals surface area (Å²) in [5.74, 6) is 0. The van der Waals surface area contributed by atoms with Crippen molar-refractivity contribution in [3.63, 3.8) is 0 Å². The van der Waals surface area contributed by atoms with Gasteiger partial charge in [0.15, 0.2) is 0 Å². The number of hydrogen-bond donors (Lipinski definition) is 2. The summed E-state index contributed by atoms with van der Waals surface area (Å²) in [5, 5.41) is 6.04. The Morgan fingerprint density at radius 1 is 1.09 bits per heavy atom. The molecule has 0 spiro atoms. The highest BCUT2D eigenvalue weighted by molar-refractivity contribution is 5.84. The highest BCUT2D eigenvalue weighted by Crippen LogP contribution is 2.05. The van der Waals surface area contributed by atoms with E-state index >= 15 is 0 Å². The first-order valence-electron chi connectivity index (χ1n) is 7.45. The van der Waals surface area contributed by atoms with Gasteiger partial charge in [-0.25, -0.2) is 4.79 Å². The smallest absolute Gasteiger partial charge is 0.336 e. The summed E-state index contributed by atoms with van der Waals surface area (Å²) in [6.45, 7) is 0.462. The molecule has 0 unspecified atom stereocenters. The van der Waals surface area contributed by atoms with Gasteiger partial charge in [-0.3, -0.25) is 9.89 Å². The molecule has 5 heteroatoms. The van der Waals surface area contributed by atoms with Crippen LogP contribution < -0.4 is 10.9 Å². The molecule has 23 heavy (non-hydrogen) atoms. The molecule has 0 aliphatic heterocycles. The van der Waals surface area contributed by atoms with Crippen molar-refractivity contribution in [1.29, 1.82) is 0 Å². The number of para-hydroxylation sites is 1. The third-order valence-electron chi connectivity index (χ3n) is 3.49. The number of aromatic nitrogens is 2. The summed E-state index contributed by atoms with van der Waals surface area (Å²) in [4.78, 5) is 24.2. The number of hydrogen-bond acceptors (Lipinski definition) is 2. The van der Waals surface area contributed by atoms with Crippen molar-refractivity contribution in [3.8, 4) is 0 Å². The van der Waals surface area contributed by atoms with E-state index in [1.165, 1.54) is 0 Å². The summed E-state index contributed by atoms with van der Waals surface area (Å²) < 4.78 is 1.01. The van der Waals surface area contributed by atoms with Gasteiger partial charge in [0, 0.05) is 6.54 Å². The van der Waals surface area contributed by atoms with Gasteiger partial charge in [-0.15, -0.1) is 0 Å². The van der Waals surface area contributed by atoms with Gasteiger partial charge >= 0.3 is 6.03 Å². The lowest BCUT2D eigenvalue weighted by Gasteiger charge is -2.02. The zero-order valence-electron chi connectivity index (χ0n) is 12.5. The van der Waals surface area contributed by atoms with Gasteiger partial charge in [0.05, 0.1) is 10.9 Å². The highest BCUT2D eigenvalue weighted by Gasteiger charge is 2.11. The Morgan fingerprint density at radius 2 is 1.83 bits per heavy atom. The van der Waals surface area contributed by atoms with Crippen LogP contribution in [0.25, 0.3) is 17.0 Å². The third-order valence-corrected chi connectivity index (χ3v) is 3.49. The molecule has 0 aliphatic carbocycles. The average Bonchev–Trinajstić information content (AvgIpc) is 2.93. The quantitative estimate of drug-likeness (QED) is 0.728. The number of nitrogens with zero attached hydrogens (tertiary/aromatic N) is 1. The van der Waals surface area contributed by atoms with Crippen LogP contribution in [0.15, 0.2) is 65.5 Å². The minimum atomic E-state index is -0.445. The van der Waals surface area contributed by atoms with E-state index in [9.17, 15) is 9.59 Å². The van der Waals surface area contributed by atoms with Gasteiger partial charge in [0.1, 0.15) is 0 Å². The van der Waals surface area contributed by atoms with Crippen LogP contribution in [0, 0.1) is 0 Å². The summed E-state index contributed by atoms with van der Waals surface area (Å²) in [5.41, 5.74) is 1.43. The Hall–Kier alpha value is -3.08. The van der Waals surface area contributed by atoms with Crippen LogP contribution in [-0.2, 0) is 0 Å². The van der Waals surface area contributed by atoms with Crippen molar-refractivity contribution >= 4 is 23.0 Å². The standard InChI is InChI=1S/C18H17N3O2/c22-17-15-11-4-5-12-16(15)20-21(17)18(23)19-13-7-6-10-14-8-2-1-3-9-14/h1-6,8-12,20H,7,13H2,(H,19,23). The third kappa shape index (κ3) is 3.40. The van der Waals surface area contributed by atoms with Crippen molar-refractivity contribution in [2.75, 3.05) is 6.54 Å². The molecule has 116 valence electrons. The zero-order valence-corrected chi connectivity index (χ0v) is 12.5. The van der Waals surface area contributed by atoms with Gasteiger partial charge in [0.25, 0.3) is 5.56 Å². The van der Waals surface area contributed by atoms with Crippen molar-refractivity contribution in [3.05, 3.63) is 76.6 Å². The van der Waals surface area contributed by atoms with Crippen LogP contribution in [0.1, 0.15) is 12.0 Å². The molecule has 3 aromatic rings. The molecular formula is C18H17N3O2. The van der Waals surface area contributed by atoms with E-state index in [4.69, 9.17) is 0 Å². The van der Waals surface area contributed by atoms with E-state index in [1.807, 2.05) is 48.6 Å². The van der Waals surface area contributed by atoms with Crippen LogP contribution in [-0.4, -0.2) is 22.4 Å². The number of amides is 1. The maximum Gasteiger partial charge on any atom is 0.343 e. The van der Waals surface area contributed by atoms with Gasteiger partial charge in [-0.05, 0) is 24.1 Å². The van der Waals surface area contributed by atoms with Gasteiger partial charge in [0.2, 0.25) is 0 Å². The minimum Gasteiger partial charge on any atom is -0.336 e.